The normalized spacial score (nSPS) is 12.2. The van der Waals surface area contributed by atoms with Gasteiger partial charge < -0.3 is 10.6 Å². The molecule has 0 aliphatic rings. The molecule has 2 aromatic heterocycles. The minimum atomic E-state index is -0.273. The quantitative estimate of drug-likeness (QED) is 0.437. The van der Waals surface area contributed by atoms with Crippen LogP contribution in [-0.2, 0) is 0 Å². The summed E-state index contributed by atoms with van der Waals surface area (Å²) in [6, 6.07) is 5.14. The van der Waals surface area contributed by atoms with Gasteiger partial charge in [-0.05, 0) is 43.7 Å². The third-order valence-electron chi connectivity index (χ3n) is 3.84. The molecule has 1 amide bonds. The molecule has 6 nitrogen and oxygen atoms in total. The topological polar surface area (TPSA) is 79.3 Å². The van der Waals surface area contributed by atoms with E-state index < -0.39 is 0 Å². The number of anilines is 2. The van der Waals surface area contributed by atoms with Gasteiger partial charge in [0.25, 0.3) is 5.91 Å². The lowest BCUT2D eigenvalue weighted by molar-refractivity contribution is 0.102. The molecule has 0 aromatic carbocycles. The Morgan fingerprint density at radius 1 is 1.10 bits per heavy atom. The maximum atomic E-state index is 12.7. The molecule has 0 bridgehead atoms. The van der Waals surface area contributed by atoms with Gasteiger partial charge in [-0.15, -0.1) is 0 Å². The Hall–Kier alpha value is -4.06. The zero-order valence-electron chi connectivity index (χ0n) is 17.2. The number of rotatable bonds is 9. The van der Waals surface area contributed by atoms with Crippen LogP contribution in [0.4, 0.5) is 11.5 Å². The number of hydrogen-bond acceptors (Lipinski definition) is 5. The van der Waals surface area contributed by atoms with Crippen LogP contribution in [0.25, 0.3) is 5.57 Å². The SMILES string of the molecule is C=C/C=C(\N=CC)Nc1cc(C(=O)Nc2cncc(/C(C=C)=C/C=C\C)c2)ccn1. The monoisotopic (exact) mass is 399 g/mol. The van der Waals surface area contributed by atoms with E-state index in [2.05, 4.69) is 38.8 Å². The average molecular weight is 399 g/mol. The summed E-state index contributed by atoms with van der Waals surface area (Å²) in [4.78, 5) is 25.4. The highest BCUT2D eigenvalue weighted by Crippen LogP contribution is 2.19. The standard InChI is InChI=1S/C24H25N5O/c1-5-9-11-18(7-3)20-14-21(17-25-16-20)28-24(30)19-12-13-27-23(15-19)29-22(10-6-2)26-8-4/h5-17H,2-3H2,1,4H3,(H,27,29)(H,28,30)/b9-5-,18-11+,22-10+,26-8?. The molecule has 2 aromatic rings. The second-order valence-corrected chi connectivity index (χ2v) is 6.00. The summed E-state index contributed by atoms with van der Waals surface area (Å²) in [5, 5.41) is 5.92. The summed E-state index contributed by atoms with van der Waals surface area (Å²) in [5.74, 6) is 0.793. The van der Waals surface area contributed by atoms with Crippen LogP contribution in [0.3, 0.4) is 0 Å². The summed E-state index contributed by atoms with van der Waals surface area (Å²) in [5.41, 5.74) is 2.80. The molecule has 0 saturated carbocycles. The summed E-state index contributed by atoms with van der Waals surface area (Å²) in [6.07, 6.45) is 17.4. The van der Waals surface area contributed by atoms with E-state index in [9.17, 15) is 4.79 Å². The Bertz CT molecular complexity index is 1030. The number of nitrogens with one attached hydrogen (secondary N) is 2. The van der Waals surface area contributed by atoms with E-state index in [1.807, 2.05) is 38.1 Å². The number of hydrogen-bond donors (Lipinski definition) is 2. The van der Waals surface area contributed by atoms with Gasteiger partial charge in [-0.3, -0.25) is 9.78 Å². The van der Waals surface area contributed by atoms with Gasteiger partial charge in [0.2, 0.25) is 0 Å². The van der Waals surface area contributed by atoms with E-state index in [0.29, 0.717) is 22.9 Å². The third kappa shape index (κ3) is 6.53. The van der Waals surface area contributed by atoms with Gasteiger partial charge in [0, 0.05) is 29.7 Å². The second-order valence-electron chi connectivity index (χ2n) is 6.00. The van der Waals surface area contributed by atoms with Crippen LogP contribution in [0, 0.1) is 0 Å². The van der Waals surface area contributed by atoms with Gasteiger partial charge in [0.15, 0.2) is 0 Å². The number of carbonyl (C=O) groups excluding carboxylic acids is 1. The molecule has 2 rings (SSSR count). The van der Waals surface area contributed by atoms with Gasteiger partial charge in [-0.2, -0.15) is 0 Å². The van der Waals surface area contributed by atoms with E-state index in [0.717, 1.165) is 11.1 Å². The molecule has 152 valence electrons. The first-order chi connectivity index (χ1) is 14.6. The van der Waals surface area contributed by atoms with Crippen LogP contribution >= 0.6 is 0 Å². The smallest absolute Gasteiger partial charge is 0.255 e. The Morgan fingerprint density at radius 3 is 2.63 bits per heavy atom. The summed E-state index contributed by atoms with van der Waals surface area (Å²) in [7, 11) is 0. The van der Waals surface area contributed by atoms with Crippen molar-refractivity contribution in [3.63, 3.8) is 0 Å². The Kier molecular flexibility index (Phi) is 8.68. The molecule has 6 heteroatoms. The zero-order chi connectivity index (χ0) is 21.8. The van der Waals surface area contributed by atoms with Crippen molar-refractivity contribution in [2.45, 2.75) is 13.8 Å². The minimum Gasteiger partial charge on any atom is -0.325 e. The summed E-state index contributed by atoms with van der Waals surface area (Å²) >= 11 is 0. The summed E-state index contributed by atoms with van der Waals surface area (Å²) < 4.78 is 0. The van der Waals surface area contributed by atoms with Crippen LogP contribution in [0.2, 0.25) is 0 Å². The van der Waals surface area contributed by atoms with Gasteiger partial charge in [0.1, 0.15) is 11.6 Å². The zero-order valence-corrected chi connectivity index (χ0v) is 17.2. The molecule has 0 fully saturated rings. The molecule has 0 saturated heterocycles. The molecule has 30 heavy (non-hydrogen) atoms. The number of carbonyl (C=O) groups is 1. The fourth-order valence-corrected chi connectivity index (χ4v) is 2.49. The third-order valence-corrected chi connectivity index (χ3v) is 3.84. The van der Waals surface area contributed by atoms with Crippen molar-refractivity contribution in [2.75, 3.05) is 10.6 Å². The highest BCUT2D eigenvalue weighted by atomic mass is 16.1. The van der Waals surface area contributed by atoms with Crippen molar-refractivity contribution >= 4 is 29.2 Å². The second kappa shape index (κ2) is 11.7. The van der Waals surface area contributed by atoms with E-state index >= 15 is 0 Å². The average Bonchev–Trinajstić information content (AvgIpc) is 2.75. The Balaban J connectivity index is 2.21. The lowest BCUT2D eigenvalue weighted by atomic mass is 10.1. The van der Waals surface area contributed by atoms with Gasteiger partial charge in [-0.25, -0.2) is 9.98 Å². The lowest BCUT2D eigenvalue weighted by Crippen LogP contribution is -2.13. The minimum absolute atomic E-state index is 0.273. The van der Waals surface area contributed by atoms with Crippen LogP contribution in [0.1, 0.15) is 29.8 Å². The van der Waals surface area contributed by atoms with Crippen LogP contribution < -0.4 is 10.6 Å². The van der Waals surface area contributed by atoms with Crippen LogP contribution in [0.15, 0.2) is 97.2 Å². The van der Waals surface area contributed by atoms with Gasteiger partial charge >= 0.3 is 0 Å². The number of aliphatic imine (C=N–C) groups is 1. The largest absolute Gasteiger partial charge is 0.325 e. The van der Waals surface area contributed by atoms with Crippen molar-refractivity contribution in [2.24, 2.45) is 4.99 Å². The van der Waals surface area contributed by atoms with Crippen molar-refractivity contribution in [1.82, 2.24) is 9.97 Å². The molecule has 0 unspecified atom stereocenters. The molecule has 2 heterocycles. The molecular formula is C24H25N5O. The molecular weight excluding hydrogens is 374 g/mol. The van der Waals surface area contributed by atoms with Crippen molar-refractivity contribution in [3.05, 3.63) is 103 Å². The Morgan fingerprint density at radius 2 is 1.93 bits per heavy atom. The first-order valence-electron chi connectivity index (χ1n) is 9.38. The van der Waals surface area contributed by atoms with Crippen LogP contribution in [-0.4, -0.2) is 22.1 Å². The molecule has 0 atom stereocenters. The summed E-state index contributed by atoms with van der Waals surface area (Å²) in [6.45, 7) is 11.2. The van der Waals surface area contributed by atoms with E-state index in [1.165, 1.54) is 0 Å². The highest BCUT2D eigenvalue weighted by Gasteiger charge is 2.09. The van der Waals surface area contributed by atoms with E-state index in [4.69, 9.17) is 0 Å². The van der Waals surface area contributed by atoms with Crippen molar-refractivity contribution in [1.29, 1.82) is 0 Å². The van der Waals surface area contributed by atoms with Crippen LogP contribution in [0.5, 0.6) is 0 Å². The number of allylic oxidation sites excluding steroid dienone is 7. The highest BCUT2D eigenvalue weighted by molar-refractivity contribution is 6.04. The molecule has 0 aliphatic heterocycles. The molecule has 2 N–H and O–H groups in total. The predicted molar refractivity (Wildman–Crippen MR) is 125 cm³/mol. The lowest BCUT2D eigenvalue weighted by Gasteiger charge is -2.09. The number of pyridine rings is 2. The van der Waals surface area contributed by atoms with E-state index in [1.54, 1.807) is 55.2 Å². The van der Waals surface area contributed by atoms with Crippen molar-refractivity contribution in [3.8, 4) is 0 Å². The molecule has 0 radical (unpaired) electrons. The Labute approximate surface area is 177 Å². The first-order valence-corrected chi connectivity index (χ1v) is 9.38. The van der Waals surface area contributed by atoms with Crippen molar-refractivity contribution < 1.29 is 4.79 Å². The predicted octanol–water partition coefficient (Wildman–Crippen LogP) is 5.40. The van der Waals surface area contributed by atoms with Gasteiger partial charge in [-0.1, -0.05) is 43.5 Å². The van der Waals surface area contributed by atoms with E-state index in [-0.39, 0.29) is 5.91 Å². The number of aromatic nitrogens is 2. The molecule has 0 aliphatic carbocycles. The number of amides is 1. The maximum absolute atomic E-state index is 12.7. The fourth-order valence-electron chi connectivity index (χ4n) is 2.49. The van der Waals surface area contributed by atoms with Gasteiger partial charge in [0.05, 0.1) is 11.9 Å². The first kappa shape index (κ1) is 22.2. The fraction of sp³-hybridized carbons (Fsp3) is 0.0833. The molecule has 0 spiro atoms. The maximum Gasteiger partial charge on any atom is 0.255 e. The number of nitrogens with zero attached hydrogens (tertiary/aromatic N) is 3.